The van der Waals surface area contributed by atoms with Gasteiger partial charge in [0.1, 0.15) is 4.47 Å². The Hall–Kier alpha value is -0.920. The monoisotopic (exact) mass is 330 g/mol. The number of rotatable bonds is 5. The van der Waals surface area contributed by atoms with Crippen LogP contribution in [0.2, 0.25) is 0 Å². The maximum atomic E-state index is 12.1. The lowest BCUT2D eigenvalue weighted by atomic mass is 10.3. The van der Waals surface area contributed by atoms with Crippen molar-refractivity contribution >= 4 is 21.6 Å². The van der Waals surface area contributed by atoms with Crippen molar-refractivity contribution in [2.75, 3.05) is 31.7 Å². The first-order chi connectivity index (χ1) is 9.22. The van der Waals surface area contributed by atoms with E-state index in [1.165, 1.54) is 4.68 Å². The fraction of sp³-hybridized carbons (Fsp3) is 0.667. The Balaban J connectivity index is 2.09. The summed E-state index contributed by atoms with van der Waals surface area (Å²) in [6.07, 6.45) is 3.69. The standard InChI is InChI=1S/C12H19BrN4O2/c1-2-3-4-17-12(18)11(13)10(9-14-17)15-16-5-7-19-8-6-16/h9,15H,2-8H2,1H3. The number of ether oxygens (including phenoxy) is 1. The van der Waals surface area contributed by atoms with Crippen LogP contribution in [0.1, 0.15) is 19.8 Å². The first kappa shape index (κ1) is 14.5. The van der Waals surface area contributed by atoms with E-state index in [0.717, 1.165) is 25.9 Å². The van der Waals surface area contributed by atoms with Gasteiger partial charge in [-0.05, 0) is 22.4 Å². The summed E-state index contributed by atoms with van der Waals surface area (Å²) in [6.45, 7) is 5.74. The van der Waals surface area contributed by atoms with Crippen molar-refractivity contribution < 1.29 is 4.74 Å². The van der Waals surface area contributed by atoms with Gasteiger partial charge in [-0.2, -0.15) is 5.10 Å². The molecule has 1 aromatic heterocycles. The average Bonchev–Trinajstić information content (AvgIpc) is 2.44. The van der Waals surface area contributed by atoms with Crippen LogP contribution in [0.5, 0.6) is 0 Å². The molecule has 0 spiro atoms. The molecule has 0 saturated carbocycles. The summed E-state index contributed by atoms with van der Waals surface area (Å²) in [6, 6.07) is 0. The third kappa shape index (κ3) is 3.77. The van der Waals surface area contributed by atoms with Crippen LogP contribution in [0.15, 0.2) is 15.5 Å². The van der Waals surface area contributed by atoms with Gasteiger partial charge in [-0.15, -0.1) is 0 Å². The number of hydrogen-bond acceptors (Lipinski definition) is 5. The molecule has 0 radical (unpaired) electrons. The highest BCUT2D eigenvalue weighted by Gasteiger charge is 2.14. The van der Waals surface area contributed by atoms with Gasteiger partial charge in [0.2, 0.25) is 0 Å². The smallest absolute Gasteiger partial charge is 0.283 e. The predicted molar refractivity (Wildman–Crippen MR) is 77.1 cm³/mol. The summed E-state index contributed by atoms with van der Waals surface area (Å²) in [7, 11) is 0. The zero-order valence-electron chi connectivity index (χ0n) is 11.1. The van der Waals surface area contributed by atoms with Gasteiger partial charge >= 0.3 is 0 Å². The van der Waals surface area contributed by atoms with E-state index in [1.807, 2.05) is 5.01 Å². The van der Waals surface area contributed by atoms with Crippen LogP contribution in [-0.4, -0.2) is 41.1 Å². The number of hydrazine groups is 1. The van der Waals surface area contributed by atoms with Gasteiger partial charge in [0.05, 0.1) is 25.1 Å². The van der Waals surface area contributed by atoms with E-state index in [0.29, 0.717) is 29.9 Å². The second kappa shape index (κ2) is 7.02. The van der Waals surface area contributed by atoms with E-state index in [1.54, 1.807) is 6.20 Å². The Labute approximate surface area is 120 Å². The molecule has 0 atom stereocenters. The van der Waals surface area contributed by atoms with E-state index in [9.17, 15) is 4.79 Å². The van der Waals surface area contributed by atoms with Crippen LogP contribution in [0, 0.1) is 0 Å². The Morgan fingerprint density at radius 1 is 1.47 bits per heavy atom. The molecule has 0 aromatic carbocycles. The van der Waals surface area contributed by atoms with Crippen LogP contribution >= 0.6 is 15.9 Å². The largest absolute Gasteiger partial charge is 0.379 e. The van der Waals surface area contributed by atoms with Crippen LogP contribution < -0.4 is 11.0 Å². The SMILES string of the molecule is CCCCn1ncc(NN2CCOCC2)c(Br)c1=O. The van der Waals surface area contributed by atoms with E-state index < -0.39 is 0 Å². The molecule has 0 amide bonds. The van der Waals surface area contributed by atoms with E-state index in [2.05, 4.69) is 33.4 Å². The number of aryl methyl sites for hydroxylation is 1. The van der Waals surface area contributed by atoms with Crippen LogP contribution in [0.4, 0.5) is 5.69 Å². The molecule has 0 unspecified atom stereocenters. The van der Waals surface area contributed by atoms with Crippen molar-refractivity contribution in [2.45, 2.75) is 26.3 Å². The molecule has 1 aromatic rings. The van der Waals surface area contributed by atoms with Crippen molar-refractivity contribution in [1.82, 2.24) is 14.8 Å². The van der Waals surface area contributed by atoms with Gasteiger partial charge in [-0.25, -0.2) is 9.69 Å². The maximum absolute atomic E-state index is 12.1. The summed E-state index contributed by atoms with van der Waals surface area (Å²) < 4.78 is 7.31. The van der Waals surface area contributed by atoms with Crippen molar-refractivity contribution in [3.63, 3.8) is 0 Å². The Kier molecular flexibility index (Phi) is 5.35. The molecular weight excluding hydrogens is 312 g/mol. The number of halogens is 1. The van der Waals surface area contributed by atoms with Crippen molar-refractivity contribution in [3.8, 4) is 0 Å². The number of morpholine rings is 1. The molecule has 7 heteroatoms. The van der Waals surface area contributed by atoms with Gasteiger partial charge in [0.25, 0.3) is 5.56 Å². The number of nitrogens with zero attached hydrogens (tertiary/aromatic N) is 3. The quantitative estimate of drug-likeness (QED) is 0.885. The Morgan fingerprint density at radius 3 is 2.89 bits per heavy atom. The normalized spacial score (nSPS) is 16.5. The Morgan fingerprint density at radius 2 is 2.21 bits per heavy atom. The highest BCUT2D eigenvalue weighted by Crippen LogP contribution is 2.17. The molecule has 0 aliphatic carbocycles. The minimum absolute atomic E-state index is 0.0910. The highest BCUT2D eigenvalue weighted by atomic mass is 79.9. The molecule has 6 nitrogen and oxygen atoms in total. The van der Waals surface area contributed by atoms with E-state index in [-0.39, 0.29) is 5.56 Å². The second-order valence-corrected chi connectivity index (χ2v) is 5.26. The summed E-state index contributed by atoms with van der Waals surface area (Å²) in [5.74, 6) is 0. The number of nitrogens with one attached hydrogen (secondary N) is 1. The lowest BCUT2D eigenvalue weighted by molar-refractivity contribution is 0.0496. The minimum Gasteiger partial charge on any atom is -0.379 e. The Bertz CT molecular complexity index is 471. The van der Waals surface area contributed by atoms with Crippen molar-refractivity contribution in [1.29, 1.82) is 0 Å². The number of unbranched alkanes of at least 4 members (excludes halogenated alkanes) is 1. The fourth-order valence-corrected chi connectivity index (χ4v) is 2.25. The predicted octanol–water partition coefficient (Wildman–Crippen LogP) is 1.47. The molecule has 106 valence electrons. The first-order valence-corrected chi connectivity index (χ1v) is 7.36. The molecular formula is C12H19BrN4O2. The van der Waals surface area contributed by atoms with Crippen LogP contribution in [0.25, 0.3) is 0 Å². The molecule has 2 heterocycles. The molecule has 1 fully saturated rings. The lowest BCUT2D eigenvalue weighted by Crippen LogP contribution is -2.41. The van der Waals surface area contributed by atoms with Gasteiger partial charge in [0, 0.05) is 19.6 Å². The van der Waals surface area contributed by atoms with Gasteiger partial charge in [-0.1, -0.05) is 13.3 Å². The molecule has 1 aliphatic heterocycles. The van der Waals surface area contributed by atoms with Gasteiger partial charge in [0.15, 0.2) is 0 Å². The zero-order chi connectivity index (χ0) is 13.7. The van der Waals surface area contributed by atoms with E-state index in [4.69, 9.17) is 4.74 Å². The summed E-state index contributed by atoms with van der Waals surface area (Å²) in [5.41, 5.74) is 3.82. The second-order valence-electron chi connectivity index (χ2n) is 4.47. The minimum atomic E-state index is -0.0910. The third-order valence-corrected chi connectivity index (χ3v) is 3.76. The summed E-state index contributed by atoms with van der Waals surface area (Å²) in [4.78, 5) is 12.1. The lowest BCUT2D eigenvalue weighted by Gasteiger charge is -2.28. The topological polar surface area (TPSA) is 59.4 Å². The van der Waals surface area contributed by atoms with Crippen LogP contribution in [0.3, 0.4) is 0 Å². The van der Waals surface area contributed by atoms with Gasteiger partial charge < -0.3 is 10.2 Å². The molecule has 2 rings (SSSR count). The molecule has 19 heavy (non-hydrogen) atoms. The van der Waals surface area contributed by atoms with Crippen molar-refractivity contribution in [2.24, 2.45) is 0 Å². The van der Waals surface area contributed by atoms with Crippen LogP contribution in [-0.2, 0) is 11.3 Å². The highest BCUT2D eigenvalue weighted by molar-refractivity contribution is 9.10. The first-order valence-electron chi connectivity index (χ1n) is 6.57. The number of anilines is 1. The average molecular weight is 331 g/mol. The summed E-state index contributed by atoms with van der Waals surface area (Å²) in [5, 5.41) is 6.22. The third-order valence-electron chi connectivity index (χ3n) is 3.00. The molecule has 0 bridgehead atoms. The fourth-order valence-electron chi connectivity index (χ4n) is 1.86. The van der Waals surface area contributed by atoms with Gasteiger partial charge in [-0.3, -0.25) is 4.79 Å². The molecule has 1 N–H and O–H groups in total. The zero-order valence-corrected chi connectivity index (χ0v) is 12.6. The summed E-state index contributed by atoms with van der Waals surface area (Å²) >= 11 is 3.36. The number of hydrogen-bond donors (Lipinski definition) is 1. The maximum Gasteiger partial charge on any atom is 0.283 e. The molecule has 1 saturated heterocycles. The van der Waals surface area contributed by atoms with E-state index >= 15 is 0 Å². The molecule has 1 aliphatic rings. The van der Waals surface area contributed by atoms with Crippen molar-refractivity contribution in [3.05, 3.63) is 21.0 Å². The number of aromatic nitrogens is 2.